The third-order valence-corrected chi connectivity index (χ3v) is 3.07. The van der Waals surface area contributed by atoms with Crippen LogP contribution in [0.5, 0.6) is 5.75 Å². The van der Waals surface area contributed by atoms with Crippen molar-refractivity contribution < 1.29 is 15.0 Å². The second kappa shape index (κ2) is 3.06. The molecular formula is C8H7NO4S. The van der Waals surface area contributed by atoms with Gasteiger partial charge >= 0.3 is 5.97 Å². The van der Waals surface area contributed by atoms with Gasteiger partial charge in [0.1, 0.15) is 5.75 Å². The number of carboxylic acid groups (broad SMARTS) is 1. The third-order valence-electron chi connectivity index (χ3n) is 2.09. The normalized spacial score (nSPS) is 14.0. The second-order valence-electron chi connectivity index (χ2n) is 2.93. The molecule has 0 aliphatic carbocycles. The Morgan fingerprint density at radius 1 is 1.43 bits per heavy atom. The van der Waals surface area contributed by atoms with E-state index < -0.39 is 17.1 Å². The number of aromatic nitrogens is 1. The summed E-state index contributed by atoms with van der Waals surface area (Å²) in [5.41, 5.74) is -0.142. The molecule has 5 nitrogen and oxygen atoms in total. The van der Waals surface area contributed by atoms with Gasteiger partial charge in [-0.25, -0.2) is 4.79 Å². The van der Waals surface area contributed by atoms with Gasteiger partial charge in [-0.3, -0.25) is 4.79 Å². The quantitative estimate of drug-likeness (QED) is 0.633. The number of hydrogen-bond donors (Lipinski definition) is 3. The second-order valence-corrected chi connectivity index (χ2v) is 3.92. The molecule has 0 spiro atoms. The first-order chi connectivity index (χ1) is 6.61. The Hall–Kier alpha value is -1.43. The van der Waals surface area contributed by atoms with Gasteiger partial charge in [0.05, 0.1) is 0 Å². The van der Waals surface area contributed by atoms with Crippen molar-refractivity contribution in [3.63, 3.8) is 0 Å². The summed E-state index contributed by atoms with van der Waals surface area (Å²) in [5, 5.41) is 18.2. The first-order valence-corrected chi connectivity index (χ1v) is 5.04. The number of thioether (sulfide) groups is 1. The van der Waals surface area contributed by atoms with Gasteiger partial charge in [0.2, 0.25) is 0 Å². The summed E-state index contributed by atoms with van der Waals surface area (Å²) in [4.78, 5) is 24.4. The molecule has 14 heavy (non-hydrogen) atoms. The Morgan fingerprint density at radius 2 is 2.14 bits per heavy atom. The molecule has 3 N–H and O–H groups in total. The Bertz CT molecular complexity index is 465. The van der Waals surface area contributed by atoms with Gasteiger partial charge < -0.3 is 15.2 Å². The molecule has 2 rings (SSSR count). The molecule has 0 radical (unpaired) electrons. The monoisotopic (exact) mass is 213 g/mol. The van der Waals surface area contributed by atoms with Crippen LogP contribution in [0.3, 0.4) is 0 Å². The first kappa shape index (κ1) is 9.14. The molecule has 1 aliphatic rings. The molecule has 74 valence electrons. The van der Waals surface area contributed by atoms with Crippen LogP contribution in [0.15, 0.2) is 4.79 Å². The van der Waals surface area contributed by atoms with Crippen LogP contribution in [0.25, 0.3) is 0 Å². The van der Waals surface area contributed by atoms with Crippen LogP contribution in [0.1, 0.15) is 21.6 Å². The van der Waals surface area contributed by atoms with Gasteiger partial charge in [0, 0.05) is 22.8 Å². The van der Waals surface area contributed by atoms with Crippen LogP contribution in [-0.4, -0.2) is 21.2 Å². The Balaban J connectivity index is 2.75. The highest BCUT2D eigenvalue weighted by molar-refractivity contribution is 7.98. The summed E-state index contributed by atoms with van der Waals surface area (Å²) in [6.07, 6.45) is 0. The molecule has 0 amide bonds. The van der Waals surface area contributed by atoms with Crippen LogP contribution >= 0.6 is 11.8 Å². The Morgan fingerprint density at radius 3 is 2.79 bits per heavy atom. The fraction of sp³-hybridized carbons (Fsp3) is 0.250. The topological polar surface area (TPSA) is 90.4 Å². The predicted octanol–water partition coefficient (Wildman–Crippen LogP) is 0.525. The lowest BCUT2D eigenvalue weighted by molar-refractivity contribution is 0.0691. The van der Waals surface area contributed by atoms with E-state index in [1.165, 1.54) is 11.8 Å². The van der Waals surface area contributed by atoms with Crippen molar-refractivity contribution in [3.05, 3.63) is 27.2 Å². The number of carbonyl (C=O) groups is 1. The van der Waals surface area contributed by atoms with Gasteiger partial charge in [-0.05, 0) is 0 Å². The number of aromatic amines is 1. The van der Waals surface area contributed by atoms with Gasteiger partial charge in [-0.1, -0.05) is 0 Å². The van der Waals surface area contributed by atoms with Gasteiger partial charge in [0.15, 0.2) is 5.56 Å². The average Bonchev–Trinajstić information content (AvgIpc) is 2.50. The summed E-state index contributed by atoms with van der Waals surface area (Å²) >= 11 is 1.52. The molecule has 1 aromatic heterocycles. The fourth-order valence-corrected chi connectivity index (χ4v) is 2.48. The lowest BCUT2D eigenvalue weighted by atomic mass is 10.1. The number of pyridine rings is 1. The van der Waals surface area contributed by atoms with E-state index in [0.717, 1.165) is 0 Å². The van der Waals surface area contributed by atoms with Crippen molar-refractivity contribution in [2.45, 2.75) is 11.5 Å². The molecular weight excluding hydrogens is 206 g/mol. The number of carboxylic acids is 1. The molecule has 1 aliphatic heterocycles. The van der Waals surface area contributed by atoms with Crippen molar-refractivity contribution >= 4 is 17.7 Å². The smallest absolute Gasteiger partial charge is 0.345 e. The minimum absolute atomic E-state index is 0.388. The van der Waals surface area contributed by atoms with Crippen molar-refractivity contribution in [1.82, 2.24) is 4.98 Å². The zero-order valence-electron chi connectivity index (χ0n) is 7.03. The number of aromatic hydroxyl groups is 1. The van der Waals surface area contributed by atoms with E-state index in [2.05, 4.69) is 4.98 Å². The van der Waals surface area contributed by atoms with Crippen molar-refractivity contribution in [1.29, 1.82) is 0 Å². The van der Waals surface area contributed by atoms with Crippen LogP contribution < -0.4 is 5.56 Å². The van der Waals surface area contributed by atoms with Crippen LogP contribution in [-0.2, 0) is 11.5 Å². The SMILES string of the molecule is O=C(O)c1c(O)c2c([nH]c1=O)CSC2. The Kier molecular flexibility index (Phi) is 1.99. The maximum atomic E-state index is 11.2. The molecule has 0 atom stereocenters. The van der Waals surface area contributed by atoms with Gasteiger partial charge in [0.25, 0.3) is 5.56 Å². The van der Waals surface area contributed by atoms with E-state index in [0.29, 0.717) is 22.8 Å². The summed E-state index contributed by atoms with van der Waals surface area (Å²) in [5.74, 6) is -0.638. The number of H-pyrrole nitrogens is 1. The lowest BCUT2D eigenvalue weighted by Crippen LogP contribution is -2.19. The molecule has 0 saturated carbocycles. The van der Waals surface area contributed by atoms with Crippen LogP contribution in [0.2, 0.25) is 0 Å². The summed E-state index contributed by atoms with van der Waals surface area (Å²) in [7, 11) is 0. The number of hydrogen-bond acceptors (Lipinski definition) is 4. The fourth-order valence-electron chi connectivity index (χ4n) is 1.41. The largest absolute Gasteiger partial charge is 0.506 e. The highest BCUT2D eigenvalue weighted by Crippen LogP contribution is 2.34. The summed E-state index contributed by atoms with van der Waals surface area (Å²) in [6.45, 7) is 0. The van der Waals surface area contributed by atoms with E-state index in [9.17, 15) is 14.7 Å². The molecule has 1 aromatic rings. The highest BCUT2D eigenvalue weighted by atomic mass is 32.2. The van der Waals surface area contributed by atoms with Crippen molar-refractivity contribution in [2.24, 2.45) is 0 Å². The lowest BCUT2D eigenvalue weighted by Gasteiger charge is -2.03. The predicted molar refractivity (Wildman–Crippen MR) is 50.7 cm³/mol. The number of nitrogens with one attached hydrogen (secondary N) is 1. The zero-order chi connectivity index (χ0) is 10.3. The number of aromatic carboxylic acids is 1. The highest BCUT2D eigenvalue weighted by Gasteiger charge is 2.24. The van der Waals surface area contributed by atoms with Crippen LogP contribution in [0.4, 0.5) is 0 Å². The Labute approximate surface area is 82.8 Å². The molecule has 0 unspecified atom stereocenters. The average molecular weight is 213 g/mol. The van der Waals surface area contributed by atoms with E-state index in [4.69, 9.17) is 5.11 Å². The standard InChI is InChI=1S/C8H7NO4S/c10-6-3-1-14-2-4(3)9-7(11)5(6)8(12)13/h1-2H2,(H,12,13)(H2,9,10,11). The third kappa shape index (κ3) is 1.19. The van der Waals surface area contributed by atoms with Crippen LogP contribution in [0, 0.1) is 0 Å². The maximum Gasteiger partial charge on any atom is 0.345 e. The van der Waals surface area contributed by atoms with E-state index >= 15 is 0 Å². The number of fused-ring (bicyclic) bond motifs is 1. The molecule has 6 heteroatoms. The van der Waals surface area contributed by atoms with E-state index in [-0.39, 0.29) is 5.75 Å². The van der Waals surface area contributed by atoms with Gasteiger partial charge in [-0.15, -0.1) is 0 Å². The molecule has 2 heterocycles. The van der Waals surface area contributed by atoms with Gasteiger partial charge in [-0.2, -0.15) is 11.8 Å². The number of rotatable bonds is 1. The molecule has 0 bridgehead atoms. The first-order valence-electron chi connectivity index (χ1n) is 3.89. The van der Waals surface area contributed by atoms with E-state index in [1.807, 2.05) is 0 Å². The summed E-state index contributed by atoms with van der Waals surface area (Å²) in [6, 6.07) is 0. The minimum Gasteiger partial charge on any atom is -0.506 e. The summed E-state index contributed by atoms with van der Waals surface area (Å²) < 4.78 is 0. The van der Waals surface area contributed by atoms with Crippen molar-refractivity contribution in [2.75, 3.05) is 0 Å². The van der Waals surface area contributed by atoms with Crippen molar-refractivity contribution in [3.8, 4) is 5.75 Å². The molecule has 0 fully saturated rings. The molecule has 0 saturated heterocycles. The zero-order valence-corrected chi connectivity index (χ0v) is 7.85. The minimum atomic E-state index is -1.40. The maximum absolute atomic E-state index is 11.2. The van der Waals surface area contributed by atoms with E-state index in [1.54, 1.807) is 0 Å². The molecule has 0 aromatic carbocycles.